The first-order valence-electron chi connectivity index (χ1n) is 10.3. The van der Waals surface area contributed by atoms with Gasteiger partial charge in [0.05, 0.1) is 30.2 Å². The minimum atomic E-state index is -0.932. The van der Waals surface area contributed by atoms with E-state index >= 15 is 0 Å². The molecule has 1 saturated heterocycles. The molecule has 1 N–H and O–H groups in total. The molecule has 1 heterocycles. The predicted octanol–water partition coefficient (Wildman–Crippen LogP) is 5.50. The maximum Gasteiger partial charge on any atom is 0.306 e. The van der Waals surface area contributed by atoms with Crippen LogP contribution in [0, 0.1) is 0 Å². The van der Waals surface area contributed by atoms with Gasteiger partial charge in [0.2, 0.25) is 0 Å². The minimum Gasteiger partial charge on any atom is -0.490 e. The Kier molecular flexibility index (Phi) is 6.96. The van der Waals surface area contributed by atoms with Crippen molar-refractivity contribution in [2.45, 2.75) is 13.3 Å². The first-order valence-corrected chi connectivity index (χ1v) is 11.6. The number of nitrogens with zero attached hydrogens (tertiary/aromatic N) is 1. The van der Waals surface area contributed by atoms with Gasteiger partial charge in [0.15, 0.2) is 15.8 Å². The van der Waals surface area contributed by atoms with E-state index < -0.39 is 5.97 Å². The van der Waals surface area contributed by atoms with Crippen LogP contribution >= 0.6 is 24.0 Å². The van der Waals surface area contributed by atoms with Crippen LogP contribution in [-0.4, -0.2) is 34.5 Å². The molecule has 0 aromatic heterocycles. The van der Waals surface area contributed by atoms with Gasteiger partial charge in [-0.05, 0) is 53.6 Å². The van der Waals surface area contributed by atoms with Crippen molar-refractivity contribution < 1.29 is 24.2 Å². The van der Waals surface area contributed by atoms with Gasteiger partial charge < -0.3 is 14.6 Å². The highest BCUT2D eigenvalue weighted by molar-refractivity contribution is 8.27. The maximum atomic E-state index is 13.2. The Morgan fingerprint density at radius 2 is 1.85 bits per heavy atom. The Labute approximate surface area is 200 Å². The normalized spacial score (nSPS) is 14.8. The Bertz CT molecular complexity index is 1270. The van der Waals surface area contributed by atoms with E-state index in [4.69, 9.17) is 26.8 Å². The molecule has 0 atom stereocenters. The number of benzene rings is 3. The van der Waals surface area contributed by atoms with Crippen molar-refractivity contribution in [1.29, 1.82) is 0 Å². The van der Waals surface area contributed by atoms with Crippen LogP contribution in [0.2, 0.25) is 0 Å². The second-order valence-electron chi connectivity index (χ2n) is 7.18. The molecule has 3 aromatic carbocycles. The summed E-state index contributed by atoms with van der Waals surface area (Å²) in [4.78, 5) is 26.0. The number of carboxylic acid groups (broad SMARTS) is 1. The molecule has 1 fully saturated rings. The number of carboxylic acids is 1. The monoisotopic (exact) mass is 479 g/mol. The van der Waals surface area contributed by atoms with Crippen LogP contribution in [0.1, 0.15) is 18.9 Å². The molecule has 0 bridgehead atoms. The molecule has 0 aliphatic carbocycles. The summed E-state index contributed by atoms with van der Waals surface area (Å²) in [5, 5.41) is 10.9. The van der Waals surface area contributed by atoms with Crippen molar-refractivity contribution in [1.82, 2.24) is 0 Å². The number of hydrogen-bond acceptors (Lipinski definition) is 6. The van der Waals surface area contributed by atoms with Gasteiger partial charge in [0.25, 0.3) is 5.91 Å². The summed E-state index contributed by atoms with van der Waals surface area (Å²) in [5.41, 5.74) is 1.49. The second-order valence-corrected chi connectivity index (χ2v) is 8.86. The summed E-state index contributed by atoms with van der Waals surface area (Å²) in [6.07, 6.45) is 1.66. The summed E-state index contributed by atoms with van der Waals surface area (Å²) in [5.74, 6) is -0.168. The van der Waals surface area contributed by atoms with Crippen molar-refractivity contribution in [2.75, 3.05) is 18.1 Å². The number of anilines is 1. The number of hydrogen-bond donors (Lipinski definition) is 1. The fraction of sp³-hybridized carbons (Fsp3) is 0.160. The van der Waals surface area contributed by atoms with E-state index in [0.717, 1.165) is 22.0 Å². The van der Waals surface area contributed by atoms with E-state index in [1.165, 1.54) is 11.8 Å². The molecule has 1 aliphatic rings. The Hall–Kier alpha value is -3.36. The molecule has 6 nitrogen and oxygen atoms in total. The average Bonchev–Trinajstić information content (AvgIpc) is 3.07. The number of carbonyl (C=O) groups is 2. The zero-order valence-electron chi connectivity index (χ0n) is 17.8. The summed E-state index contributed by atoms with van der Waals surface area (Å²) < 4.78 is 11.7. The molecule has 1 aliphatic heterocycles. The predicted molar refractivity (Wildman–Crippen MR) is 135 cm³/mol. The maximum absolute atomic E-state index is 13.2. The summed E-state index contributed by atoms with van der Waals surface area (Å²) in [7, 11) is 0. The van der Waals surface area contributed by atoms with Crippen LogP contribution in [0.3, 0.4) is 0 Å². The molecule has 3 aromatic rings. The molecule has 0 unspecified atom stereocenters. The third-order valence-electron chi connectivity index (χ3n) is 4.92. The molecule has 4 rings (SSSR count). The molecule has 0 saturated carbocycles. The summed E-state index contributed by atoms with van der Waals surface area (Å²) in [6, 6.07) is 19.1. The topological polar surface area (TPSA) is 76.1 Å². The third kappa shape index (κ3) is 5.18. The average molecular weight is 480 g/mol. The number of thiocarbonyl (C=S) groups is 1. The smallest absolute Gasteiger partial charge is 0.306 e. The van der Waals surface area contributed by atoms with Crippen molar-refractivity contribution in [2.24, 2.45) is 0 Å². The van der Waals surface area contributed by atoms with Crippen molar-refractivity contribution in [3.8, 4) is 11.5 Å². The number of aliphatic carboxylic acids is 1. The van der Waals surface area contributed by atoms with Gasteiger partial charge in [-0.3, -0.25) is 14.5 Å². The molecule has 0 radical (unpaired) electrons. The second kappa shape index (κ2) is 10.1. The number of fused-ring (bicyclic) bond motifs is 1. The van der Waals surface area contributed by atoms with E-state index in [2.05, 4.69) is 0 Å². The van der Waals surface area contributed by atoms with Gasteiger partial charge in [-0.1, -0.05) is 60.4 Å². The highest BCUT2D eigenvalue weighted by Crippen LogP contribution is 2.38. The van der Waals surface area contributed by atoms with Crippen LogP contribution in [0.15, 0.2) is 65.6 Å². The van der Waals surface area contributed by atoms with Gasteiger partial charge in [-0.2, -0.15) is 0 Å². The van der Waals surface area contributed by atoms with Gasteiger partial charge in [0.1, 0.15) is 0 Å². The molecule has 0 spiro atoms. The Morgan fingerprint density at radius 3 is 2.61 bits per heavy atom. The number of rotatable bonds is 8. The lowest BCUT2D eigenvalue weighted by Crippen LogP contribution is -2.27. The first kappa shape index (κ1) is 22.8. The third-order valence-corrected chi connectivity index (χ3v) is 6.23. The Balaban J connectivity index is 1.58. The number of carbonyl (C=O) groups excluding carboxylic acids is 1. The van der Waals surface area contributed by atoms with E-state index in [-0.39, 0.29) is 18.9 Å². The summed E-state index contributed by atoms with van der Waals surface area (Å²) in [6.45, 7) is 2.31. The van der Waals surface area contributed by atoms with Crippen LogP contribution < -0.4 is 14.4 Å². The highest BCUT2D eigenvalue weighted by Gasteiger charge is 2.33. The molecule has 33 heavy (non-hydrogen) atoms. The number of amides is 1. The van der Waals surface area contributed by atoms with Crippen LogP contribution in [-0.2, 0) is 9.59 Å². The largest absolute Gasteiger partial charge is 0.490 e. The van der Waals surface area contributed by atoms with Crippen molar-refractivity contribution in [3.63, 3.8) is 0 Å². The summed E-state index contributed by atoms with van der Waals surface area (Å²) >= 11 is 6.76. The van der Waals surface area contributed by atoms with E-state index in [1.54, 1.807) is 29.2 Å². The molecule has 8 heteroatoms. The molecule has 168 valence electrons. The van der Waals surface area contributed by atoms with Gasteiger partial charge in [-0.25, -0.2) is 0 Å². The first-order chi connectivity index (χ1) is 16.0. The molecule has 1 amide bonds. The van der Waals surface area contributed by atoms with Gasteiger partial charge >= 0.3 is 5.97 Å². The SMILES string of the molecule is CCOc1cc(/C=C2/SC(=S)N(c3ccc4ccccc4c3)C2=O)ccc1OCCC(=O)O. The van der Waals surface area contributed by atoms with Crippen molar-refractivity contribution in [3.05, 3.63) is 71.1 Å². The molecular formula is C25H21NO5S2. The van der Waals surface area contributed by atoms with E-state index in [9.17, 15) is 9.59 Å². The lowest BCUT2D eigenvalue weighted by atomic mass is 10.1. The highest BCUT2D eigenvalue weighted by atomic mass is 32.2. The van der Waals surface area contributed by atoms with Crippen LogP contribution in [0.4, 0.5) is 5.69 Å². The number of ether oxygens (including phenoxy) is 2. The standard InChI is InChI=1S/C25H21NO5S2/c1-2-30-21-13-16(7-10-20(21)31-12-11-23(27)28)14-22-24(29)26(25(32)33-22)19-9-8-17-5-3-4-6-18(17)15-19/h3-10,13-15H,2,11-12H2,1H3,(H,27,28)/b22-14+. The van der Waals surface area contributed by atoms with E-state index in [0.29, 0.717) is 27.3 Å². The van der Waals surface area contributed by atoms with Gasteiger partial charge in [0, 0.05) is 0 Å². The van der Waals surface area contributed by atoms with Crippen molar-refractivity contribution >= 4 is 62.7 Å². The minimum absolute atomic E-state index is 0.0408. The quantitative estimate of drug-likeness (QED) is 0.338. The fourth-order valence-electron chi connectivity index (χ4n) is 3.41. The fourth-order valence-corrected chi connectivity index (χ4v) is 4.71. The van der Waals surface area contributed by atoms with E-state index in [1.807, 2.05) is 49.4 Å². The lowest BCUT2D eigenvalue weighted by Gasteiger charge is -2.15. The van der Waals surface area contributed by atoms with Crippen LogP contribution in [0.5, 0.6) is 11.5 Å². The zero-order valence-corrected chi connectivity index (χ0v) is 19.4. The lowest BCUT2D eigenvalue weighted by molar-refractivity contribution is -0.137. The zero-order chi connectivity index (χ0) is 23.4. The Morgan fingerprint density at radius 1 is 1.06 bits per heavy atom. The van der Waals surface area contributed by atoms with Gasteiger partial charge in [-0.15, -0.1) is 0 Å². The van der Waals surface area contributed by atoms with Crippen LogP contribution in [0.25, 0.3) is 16.8 Å². The molecular weight excluding hydrogens is 458 g/mol. The number of thioether (sulfide) groups is 1.